The molecule has 0 aromatic carbocycles. The van der Waals surface area contributed by atoms with Gasteiger partial charge in [-0.2, -0.15) is 0 Å². The van der Waals surface area contributed by atoms with Crippen molar-refractivity contribution in [3.63, 3.8) is 0 Å². The first-order valence-electron chi connectivity index (χ1n) is 27.6. The van der Waals surface area contributed by atoms with E-state index in [9.17, 15) is 35.1 Å². The summed E-state index contributed by atoms with van der Waals surface area (Å²) in [6.45, 7) is 5.61. The van der Waals surface area contributed by atoms with Crippen LogP contribution in [0.1, 0.15) is 226 Å². The Morgan fingerprint density at radius 3 is 1.57 bits per heavy atom. The Labute approximate surface area is 414 Å². The molecule has 1 saturated heterocycles. The monoisotopic (exact) mass is 960 g/mol. The van der Waals surface area contributed by atoms with Crippen LogP contribution < -0.4 is 5.32 Å². The van der Waals surface area contributed by atoms with Gasteiger partial charge < -0.3 is 45.1 Å². The Balaban J connectivity index is 2.80. The molecule has 1 heterocycles. The highest BCUT2D eigenvalue weighted by atomic mass is 16.7. The van der Waals surface area contributed by atoms with Crippen molar-refractivity contribution in [2.45, 2.75) is 275 Å². The second-order valence-electron chi connectivity index (χ2n) is 18.9. The number of aliphatic hydroxyl groups excluding tert-OH is 5. The minimum atomic E-state index is -1.62. The molecule has 1 fully saturated rings. The average Bonchev–Trinajstić information content (AvgIpc) is 3.33. The maximum atomic E-state index is 13.3. The number of nitrogens with one attached hydrogen (secondary N) is 1. The van der Waals surface area contributed by atoms with Crippen LogP contribution in [0, 0.1) is 0 Å². The molecule has 0 spiro atoms. The number of ether oxygens (including phenoxy) is 3. The summed E-state index contributed by atoms with van der Waals surface area (Å²) >= 11 is 0. The molecule has 11 nitrogen and oxygen atoms in total. The predicted molar refractivity (Wildman–Crippen MR) is 278 cm³/mol. The molecule has 0 radical (unpaired) electrons. The number of rotatable bonds is 45. The maximum absolute atomic E-state index is 13.3. The van der Waals surface area contributed by atoms with Crippen LogP contribution in [-0.4, -0.2) is 99.6 Å². The fraction of sp³-hybridized carbons (Fsp3) is 0.789. The molecule has 0 saturated carbocycles. The predicted octanol–water partition coefficient (Wildman–Crippen LogP) is 11.9. The van der Waals surface area contributed by atoms with Crippen LogP contribution in [0.5, 0.6) is 0 Å². The molecule has 1 aliphatic heterocycles. The summed E-state index contributed by atoms with van der Waals surface area (Å²) < 4.78 is 17.5. The zero-order valence-electron chi connectivity index (χ0n) is 43.2. The minimum Gasteiger partial charge on any atom is -0.454 e. The Bertz CT molecular complexity index is 1330. The third-order valence-electron chi connectivity index (χ3n) is 12.7. The van der Waals surface area contributed by atoms with Crippen molar-refractivity contribution < 1.29 is 49.3 Å². The van der Waals surface area contributed by atoms with Crippen LogP contribution in [0.4, 0.5) is 0 Å². The molecule has 1 rings (SSSR count). The van der Waals surface area contributed by atoms with Gasteiger partial charge in [0, 0.05) is 12.8 Å². The van der Waals surface area contributed by atoms with E-state index in [0.29, 0.717) is 12.8 Å². The van der Waals surface area contributed by atoms with Gasteiger partial charge in [-0.3, -0.25) is 9.59 Å². The third-order valence-corrected chi connectivity index (χ3v) is 12.7. The third kappa shape index (κ3) is 33.8. The summed E-state index contributed by atoms with van der Waals surface area (Å²) in [5, 5.41) is 56.6. The molecule has 11 heteroatoms. The molecule has 1 amide bonds. The Morgan fingerprint density at radius 1 is 0.588 bits per heavy atom. The molecular weight excluding hydrogens is 859 g/mol. The number of aliphatic hydroxyl groups is 5. The van der Waals surface area contributed by atoms with E-state index in [1.54, 1.807) is 12.2 Å². The van der Waals surface area contributed by atoms with E-state index in [1.807, 2.05) is 12.2 Å². The minimum absolute atomic E-state index is 0.0803. The van der Waals surface area contributed by atoms with E-state index < -0.39 is 67.4 Å². The lowest BCUT2D eigenvalue weighted by Crippen LogP contribution is -2.61. The van der Waals surface area contributed by atoms with Gasteiger partial charge in [0.25, 0.3) is 0 Å². The van der Waals surface area contributed by atoms with Crippen molar-refractivity contribution in [2.24, 2.45) is 0 Å². The molecule has 1 aliphatic rings. The summed E-state index contributed by atoms with van der Waals surface area (Å²) in [6.07, 6.45) is 44.3. The zero-order chi connectivity index (χ0) is 49.7. The lowest BCUT2D eigenvalue weighted by atomic mass is 9.99. The standard InChI is InChI=1S/C57H101NO10/c1-4-7-10-13-16-19-22-25-27-30-33-36-39-42-45-52(62)68-55-54(64)53(63)51(46-59)67-57(55)66-47-48(49(60)43-40-37-34-31-29-26-23-20-17-14-11-8-5-2)58-56(65)50(61)44-41-38-35-32-28-24-21-18-15-12-9-6-3/h7,10,16,19,28,32,38,40-41,43,48-51,53-55,57,59-61,63-64H,4-6,8-9,11-15,17-18,20-27,29-31,33-37,39,42,44-47H2,1-3H3,(H,58,65)/b10-7+,19-16+,32-28-,41-38+,43-40+. The van der Waals surface area contributed by atoms with Gasteiger partial charge in [-0.05, 0) is 64.2 Å². The SMILES string of the molecule is CC/C=C/C/C=C/CCCCCCCCCC(=O)OC1C(OCC(NC(=O)C(O)C/C=C/C/C=C\CCCCCCCC)C(O)/C=C/CCCCCCCCCCCCC)OC(CO)C(O)C1O. The van der Waals surface area contributed by atoms with Gasteiger partial charge >= 0.3 is 5.97 Å². The highest BCUT2D eigenvalue weighted by molar-refractivity contribution is 5.81. The second kappa shape index (κ2) is 45.5. The zero-order valence-corrected chi connectivity index (χ0v) is 43.2. The first-order chi connectivity index (χ1) is 33.2. The van der Waals surface area contributed by atoms with E-state index in [4.69, 9.17) is 14.2 Å². The summed E-state index contributed by atoms with van der Waals surface area (Å²) in [5.74, 6) is -1.28. The number of hydrogen-bond acceptors (Lipinski definition) is 10. The summed E-state index contributed by atoms with van der Waals surface area (Å²) in [6, 6.07) is -1.06. The van der Waals surface area contributed by atoms with E-state index >= 15 is 0 Å². The molecule has 394 valence electrons. The molecule has 68 heavy (non-hydrogen) atoms. The van der Waals surface area contributed by atoms with Gasteiger partial charge in [-0.1, -0.05) is 210 Å². The number of esters is 1. The van der Waals surface area contributed by atoms with E-state index in [1.165, 1.54) is 103 Å². The Kier molecular flexibility index (Phi) is 42.4. The average molecular weight is 960 g/mol. The van der Waals surface area contributed by atoms with Crippen LogP contribution >= 0.6 is 0 Å². The number of carbonyl (C=O) groups excluding carboxylic acids is 2. The first-order valence-corrected chi connectivity index (χ1v) is 27.6. The normalized spacial score (nSPS) is 20.4. The van der Waals surface area contributed by atoms with Crippen LogP contribution in [0.2, 0.25) is 0 Å². The highest BCUT2D eigenvalue weighted by Gasteiger charge is 2.47. The van der Waals surface area contributed by atoms with Crippen molar-refractivity contribution in [3.05, 3.63) is 60.8 Å². The molecule has 6 N–H and O–H groups in total. The van der Waals surface area contributed by atoms with E-state index in [0.717, 1.165) is 77.0 Å². The lowest BCUT2D eigenvalue weighted by molar-refractivity contribution is -0.305. The Hall–Kier alpha value is -2.64. The van der Waals surface area contributed by atoms with E-state index in [-0.39, 0.29) is 19.4 Å². The number of allylic oxidation sites excluding steroid dienone is 8. The van der Waals surface area contributed by atoms with Crippen LogP contribution in [0.3, 0.4) is 0 Å². The summed E-state index contributed by atoms with van der Waals surface area (Å²) in [7, 11) is 0. The van der Waals surface area contributed by atoms with Gasteiger partial charge in [0.1, 0.15) is 24.4 Å². The van der Waals surface area contributed by atoms with Gasteiger partial charge in [-0.15, -0.1) is 0 Å². The first kappa shape index (κ1) is 63.4. The summed E-state index contributed by atoms with van der Waals surface area (Å²) in [5.41, 5.74) is 0. The van der Waals surface area contributed by atoms with Crippen molar-refractivity contribution >= 4 is 11.9 Å². The molecule has 0 aliphatic carbocycles. The Morgan fingerprint density at radius 2 is 1.06 bits per heavy atom. The largest absolute Gasteiger partial charge is 0.454 e. The van der Waals surface area contributed by atoms with Crippen molar-refractivity contribution in [1.82, 2.24) is 5.32 Å². The lowest BCUT2D eigenvalue weighted by Gasteiger charge is -2.41. The van der Waals surface area contributed by atoms with Crippen molar-refractivity contribution in [1.29, 1.82) is 0 Å². The molecule has 0 aromatic rings. The highest BCUT2D eigenvalue weighted by Crippen LogP contribution is 2.26. The summed E-state index contributed by atoms with van der Waals surface area (Å²) in [4.78, 5) is 26.3. The maximum Gasteiger partial charge on any atom is 0.306 e. The van der Waals surface area contributed by atoms with Gasteiger partial charge in [0.15, 0.2) is 12.4 Å². The molecule has 0 bridgehead atoms. The molecule has 8 atom stereocenters. The van der Waals surface area contributed by atoms with Crippen LogP contribution in [-0.2, 0) is 23.8 Å². The number of carbonyl (C=O) groups is 2. The molecule has 8 unspecified atom stereocenters. The number of unbranched alkanes of at least 4 members (excludes halogenated alkanes) is 24. The van der Waals surface area contributed by atoms with Gasteiger partial charge in [0.05, 0.1) is 25.4 Å². The van der Waals surface area contributed by atoms with Crippen LogP contribution in [0.15, 0.2) is 60.8 Å². The van der Waals surface area contributed by atoms with Crippen molar-refractivity contribution in [3.8, 4) is 0 Å². The van der Waals surface area contributed by atoms with Crippen LogP contribution in [0.25, 0.3) is 0 Å². The fourth-order valence-electron chi connectivity index (χ4n) is 8.26. The topological polar surface area (TPSA) is 175 Å². The van der Waals surface area contributed by atoms with E-state index in [2.05, 4.69) is 62.5 Å². The fourth-order valence-corrected chi connectivity index (χ4v) is 8.26. The smallest absolute Gasteiger partial charge is 0.306 e. The van der Waals surface area contributed by atoms with Gasteiger partial charge in [-0.25, -0.2) is 0 Å². The molecular formula is C57H101NO10. The second-order valence-corrected chi connectivity index (χ2v) is 18.9. The van der Waals surface area contributed by atoms with Crippen molar-refractivity contribution in [2.75, 3.05) is 13.2 Å². The van der Waals surface area contributed by atoms with Gasteiger partial charge in [0.2, 0.25) is 5.91 Å². The number of hydrogen-bond donors (Lipinski definition) is 6. The quantitative estimate of drug-likeness (QED) is 0.0196. The molecule has 0 aromatic heterocycles. The number of amides is 1.